The molecule has 1 N–H and O–H groups in total. The van der Waals surface area contributed by atoms with Gasteiger partial charge < -0.3 is 14.5 Å². The Hall–Kier alpha value is -3.08. The van der Waals surface area contributed by atoms with E-state index in [1.54, 1.807) is 6.92 Å². The van der Waals surface area contributed by atoms with Crippen molar-refractivity contribution in [1.29, 1.82) is 0 Å². The highest BCUT2D eigenvalue weighted by atomic mass is 16.5. The number of rotatable bonds is 6. The number of aryl methyl sites for hydroxylation is 2. The van der Waals surface area contributed by atoms with Gasteiger partial charge in [-0.2, -0.15) is 0 Å². The molecule has 5 heteroatoms. The van der Waals surface area contributed by atoms with Crippen molar-refractivity contribution < 1.29 is 13.9 Å². The number of hydrogen-bond donors (Lipinski definition) is 1. The van der Waals surface area contributed by atoms with Gasteiger partial charge in [0.1, 0.15) is 11.3 Å². The molecule has 1 aliphatic rings. The number of ether oxygens (including phenoxy) is 1. The summed E-state index contributed by atoms with van der Waals surface area (Å²) in [6.07, 6.45) is 1.90. The fourth-order valence-corrected chi connectivity index (χ4v) is 3.52. The van der Waals surface area contributed by atoms with Crippen LogP contribution in [-0.2, 0) is 11.2 Å². The molecule has 0 bridgehead atoms. The van der Waals surface area contributed by atoms with Gasteiger partial charge in [-0.3, -0.25) is 4.79 Å². The molecule has 0 unspecified atom stereocenters. The zero-order valence-electron chi connectivity index (χ0n) is 17.0. The van der Waals surface area contributed by atoms with Crippen LogP contribution >= 0.6 is 0 Å². The number of carbonyl (C=O) groups is 1. The second-order valence-electron chi connectivity index (χ2n) is 7.83. The average Bonchev–Trinajstić information content (AvgIpc) is 3.49. The van der Waals surface area contributed by atoms with Gasteiger partial charge in [-0.1, -0.05) is 30.3 Å². The van der Waals surface area contributed by atoms with E-state index < -0.39 is 6.10 Å². The minimum absolute atomic E-state index is 0.123. The molecule has 29 heavy (non-hydrogen) atoms. The summed E-state index contributed by atoms with van der Waals surface area (Å²) in [4.78, 5) is 25.0. The van der Waals surface area contributed by atoms with Crippen molar-refractivity contribution in [2.75, 3.05) is 0 Å². The summed E-state index contributed by atoms with van der Waals surface area (Å²) < 4.78 is 11.7. The maximum absolute atomic E-state index is 12.7. The van der Waals surface area contributed by atoms with Gasteiger partial charge in [-0.15, -0.1) is 0 Å². The Bertz CT molecular complexity index is 1110. The maximum atomic E-state index is 12.7. The standard InChI is InChI=1S/C24H25NO4/c1-14-11-20(28-16(3)23(26)25-18-9-10-18)22-15(2)19(24(27)29-21(22)12-14)13-17-7-5-4-6-8-17/h4-8,11-12,16,18H,9-10,13H2,1-3H3,(H,25,26)/t16-/m0/s1. The summed E-state index contributed by atoms with van der Waals surface area (Å²) >= 11 is 0. The van der Waals surface area contributed by atoms with Crippen molar-refractivity contribution >= 4 is 16.9 Å². The number of amides is 1. The van der Waals surface area contributed by atoms with Crippen LogP contribution in [0.2, 0.25) is 0 Å². The molecule has 5 nitrogen and oxygen atoms in total. The zero-order valence-corrected chi connectivity index (χ0v) is 17.0. The normalized spacial score (nSPS) is 14.6. The molecule has 3 aromatic rings. The summed E-state index contributed by atoms with van der Waals surface area (Å²) in [7, 11) is 0. The van der Waals surface area contributed by atoms with Gasteiger partial charge in [0.2, 0.25) is 0 Å². The van der Waals surface area contributed by atoms with E-state index in [1.807, 2.05) is 56.3 Å². The van der Waals surface area contributed by atoms with Gasteiger partial charge in [0.15, 0.2) is 6.10 Å². The van der Waals surface area contributed by atoms with Gasteiger partial charge in [0.25, 0.3) is 5.91 Å². The van der Waals surface area contributed by atoms with Gasteiger partial charge in [-0.05, 0) is 62.4 Å². The van der Waals surface area contributed by atoms with Crippen LogP contribution in [0.4, 0.5) is 0 Å². The first-order valence-electron chi connectivity index (χ1n) is 10.0. The first kappa shape index (κ1) is 19.2. The quantitative estimate of drug-likeness (QED) is 0.644. The van der Waals surface area contributed by atoms with Crippen LogP contribution in [0.1, 0.15) is 42.0 Å². The Morgan fingerprint density at radius 1 is 1.21 bits per heavy atom. The predicted molar refractivity (Wildman–Crippen MR) is 112 cm³/mol. The number of benzene rings is 2. The minimum atomic E-state index is -0.635. The number of fused-ring (bicyclic) bond motifs is 1. The highest BCUT2D eigenvalue weighted by Crippen LogP contribution is 2.32. The Morgan fingerprint density at radius 2 is 1.93 bits per heavy atom. The van der Waals surface area contributed by atoms with Crippen LogP contribution in [0.25, 0.3) is 11.0 Å². The van der Waals surface area contributed by atoms with E-state index in [0.717, 1.165) is 34.9 Å². The highest BCUT2D eigenvalue weighted by molar-refractivity contribution is 5.89. The average molecular weight is 391 g/mol. The van der Waals surface area contributed by atoms with Crippen LogP contribution in [-0.4, -0.2) is 18.1 Å². The van der Waals surface area contributed by atoms with Crippen LogP contribution in [0, 0.1) is 13.8 Å². The fraction of sp³-hybridized carbons (Fsp3) is 0.333. The van der Waals surface area contributed by atoms with Gasteiger partial charge in [0.05, 0.1) is 5.39 Å². The number of hydrogen-bond acceptors (Lipinski definition) is 4. The molecule has 1 fully saturated rings. The van der Waals surface area contributed by atoms with Crippen molar-refractivity contribution in [3.63, 3.8) is 0 Å². The lowest BCUT2D eigenvalue weighted by Gasteiger charge is -2.18. The van der Waals surface area contributed by atoms with Crippen molar-refractivity contribution in [1.82, 2.24) is 5.32 Å². The summed E-state index contributed by atoms with van der Waals surface area (Å²) in [5.74, 6) is 0.440. The van der Waals surface area contributed by atoms with E-state index in [-0.39, 0.29) is 17.6 Å². The monoisotopic (exact) mass is 391 g/mol. The first-order valence-corrected chi connectivity index (χ1v) is 10.0. The zero-order chi connectivity index (χ0) is 20.5. The van der Waals surface area contributed by atoms with Gasteiger partial charge >= 0.3 is 5.63 Å². The molecule has 0 spiro atoms. The van der Waals surface area contributed by atoms with Crippen LogP contribution < -0.4 is 15.7 Å². The van der Waals surface area contributed by atoms with E-state index in [4.69, 9.17) is 9.15 Å². The second-order valence-corrected chi connectivity index (χ2v) is 7.83. The molecule has 1 saturated carbocycles. The third-order valence-corrected chi connectivity index (χ3v) is 5.31. The molecule has 1 heterocycles. The third kappa shape index (κ3) is 4.19. The molecule has 1 atom stereocenters. The molecular formula is C24H25NO4. The minimum Gasteiger partial charge on any atom is -0.480 e. The lowest BCUT2D eigenvalue weighted by Crippen LogP contribution is -2.37. The summed E-state index contributed by atoms with van der Waals surface area (Å²) in [5.41, 5.74) is 3.51. The van der Waals surface area contributed by atoms with E-state index in [0.29, 0.717) is 23.3 Å². The molecule has 1 aromatic heterocycles. The SMILES string of the molecule is Cc1cc(O[C@@H](C)C(=O)NC2CC2)c2c(C)c(Cc3ccccc3)c(=O)oc2c1. The van der Waals surface area contributed by atoms with E-state index in [9.17, 15) is 9.59 Å². The molecule has 0 radical (unpaired) electrons. The number of carbonyl (C=O) groups excluding carboxylic acids is 1. The molecule has 150 valence electrons. The molecule has 1 aliphatic carbocycles. The Labute approximate surface area is 169 Å². The summed E-state index contributed by atoms with van der Waals surface area (Å²) in [5, 5.41) is 3.71. The lowest BCUT2D eigenvalue weighted by atomic mass is 9.98. The summed E-state index contributed by atoms with van der Waals surface area (Å²) in [6, 6.07) is 13.8. The van der Waals surface area contributed by atoms with Crippen molar-refractivity contribution in [2.45, 2.75) is 52.2 Å². The van der Waals surface area contributed by atoms with Crippen molar-refractivity contribution in [3.8, 4) is 5.75 Å². The highest BCUT2D eigenvalue weighted by Gasteiger charge is 2.27. The Balaban J connectivity index is 1.74. The van der Waals surface area contributed by atoms with Crippen molar-refractivity contribution in [2.24, 2.45) is 0 Å². The topological polar surface area (TPSA) is 68.5 Å². The molecule has 0 aliphatic heterocycles. The van der Waals surface area contributed by atoms with E-state index in [1.165, 1.54) is 0 Å². The van der Waals surface area contributed by atoms with Crippen LogP contribution in [0.5, 0.6) is 5.75 Å². The second kappa shape index (κ2) is 7.74. The van der Waals surface area contributed by atoms with Crippen LogP contribution in [0.15, 0.2) is 51.7 Å². The maximum Gasteiger partial charge on any atom is 0.340 e. The molecular weight excluding hydrogens is 366 g/mol. The molecule has 2 aromatic carbocycles. The molecule has 4 rings (SSSR count). The summed E-state index contributed by atoms with van der Waals surface area (Å²) in [6.45, 7) is 5.56. The lowest BCUT2D eigenvalue weighted by molar-refractivity contribution is -0.127. The third-order valence-electron chi connectivity index (χ3n) is 5.31. The van der Waals surface area contributed by atoms with E-state index >= 15 is 0 Å². The van der Waals surface area contributed by atoms with Crippen LogP contribution in [0.3, 0.4) is 0 Å². The number of nitrogens with one attached hydrogen (secondary N) is 1. The van der Waals surface area contributed by atoms with E-state index in [2.05, 4.69) is 5.32 Å². The first-order chi connectivity index (χ1) is 13.9. The predicted octanol–water partition coefficient (Wildman–Crippen LogP) is 4.05. The van der Waals surface area contributed by atoms with Crippen molar-refractivity contribution in [3.05, 3.63) is 75.1 Å². The molecule has 1 amide bonds. The smallest absolute Gasteiger partial charge is 0.340 e. The van der Waals surface area contributed by atoms with Gasteiger partial charge in [0, 0.05) is 18.0 Å². The Kier molecular flexibility index (Phi) is 5.14. The van der Waals surface area contributed by atoms with Gasteiger partial charge in [-0.25, -0.2) is 4.79 Å². The molecule has 0 saturated heterocycles. The fourth-order valence-electron chi connectivity index (χ4n) is 3.52. The largest absolute Gasteiger partial charge is 0.480 e. The Morgan fingerprint density at radius 3 is 2.62 bits per heavy atom.